The minimum Gasteiger partial charge on any atom is -0.456 e. The van der Waals surface area contributed by atoms with E-state index in [1.165, 1.54) is 48.2 Å². The highest BCUT2D eigenvalue weighted by atomic mass is 28.3. The van der Waals surface area contributed by atoms with Crippen molar-refractivity contribution in [2.75, 3.05) is 0 Å². The third kappa shape index (κ3) is 2.41. The molecule has 1 aliphatic rings. The van der Waals surface area contributed by atoms with Crippen LogP contribution in [0.3, 0.4) is 0 Å². The molecule has 0 spiro atoms. The minimum atomic E-state index is -2.47. The molecule has 1 atom stereocenters. The van der Waals surface area contributed by atoms with E-state index in [2.05, 4.69) is 116 Å². The van der Waals surface area contributed by atoms with Gasteiger partial charge in [0.05, 0.1) is 0 Å². The molecular weight excluding hydrogens is 416 g/mol. The molecule has 0 aliphatic carbocycles. The maximum atomic E-state index is 6.30. The number of furan rings is 1. The maximum absolute atomic E-state index is 6.30. The Hall–Kier alpha value is -3.88. The highest BCUT2D eigenvalue weighted by Gasteiger charge is 2.49. The van der Waals surface area contributed by atoms with Crippen LogP contribution in [0.5, 0.6) is 0 Å². The molecule has 0 N–H and O–H groups in total. The van der Waals surface area contributed by atoms with E-state index in [0.29, 0.717) is 0 Å². The van der Waals surface area contributed by atoms with Crippen molar-refractivity contribution in [3.05, 3.63) is 121 Å². The molecule has 5 aromatic carbocycles. The number of aryl methyl sites for hydroxylation is 1. The Morgan fingerprint density at radius 2 is 1.24 bits per heavy atom. The molecule has 33 heavy (non-hydrogen) atoms. The normalized spacial score (nSPS) is 16.8. The van der Waals surface area contributed by atoms with Crippen LogP contribution >= 0.6 is 0 Å². The second kappa shape index (κ2) is 6.81. The van der Waals surface area contributed by atoms with Crippen molar-refractivity contribution >= 4 is 50.8 Å². The molecule has 156 valence electrons. The van der Waals surface area contributed by atoms with E-state index in [0.717, 1.165) is 11.2 Å². The number of hydrogen-bond acceptors (Lipinski definition) is 1. The molecule has 1 unspecified atom stereocenters. The van der Waals surface area contributed by atoms with Crippen LogP contribution in [-0.4, -0.2) is 8.07 Å². The minimum absolute atomic E-state index is 0.951. The lowest BCUT2D eigenvalue weighted by Crippen LogP contribution is -2.72. The van der Waals surface area contributed by atoms with Gasteiger partial charge in [0.1, 0.15) is 11.2 Å². The third-order valence-electron chi connectivity index (χ3n) is 7.24. The van der Waals surface area contributed by atoms with Gasteiger partial charge < -0.3 is 4.42 Å². The molecule has 0 radical (unpaired) electrons. The van der Waals surface area contributed by atoms with Crippen molar-refractivity contribution in [2.45, 2.75) is 6.92 Å². The standard InChI is InChI=1S/C31H22OSi/c1-21-15-17-23(18-16-21)33(22-9-3-2-4-10-22)28-14-8-6-12-25(28)31-29(33)20-19-27-30(31)24-11-5-7-13-26(24)32-27/h2-20H,1H3. The van der Waals surface area contributed by atoms with Crippen LogP contribution in [0.4, 0.5) is 0 Å². The number of rotatable bonds is 2. The highest BCUT2D eigenvalue weighted by molar-refractivity contribution is 7.22. The van der Waals surface area contributed by atoms with E-state index in [1.54, 1.807) is 0 Å². The molecule has 1 nitrogen and oxygen atoms in total. The van der Waals surface area contributed by atoms with Gasteiger partial charge in [0.25, 0.3) is 0 Å². The van der Waals surface area contributed by atoms with Crippen LogP contribution in [0.15, 0.2) is 120 Å². The molecule has 0 saturated heterocycles. The third-order valence-corrected chi connectivity index (χ3v) is 12.1. The molecule has 7 rings (SSSR count). The van der Waals surface area contributed by atoms with Crippen molar-refractivity contribution in [1.82, 2.24) is 0 Å². The molecule has 1 aliphatic heterocycles. The van der Waals surface area contributed by atoms with Crippen LogP contribution in [0.2, 0.25) is 0 Å². The van der Waals surface area contributed by atoms with Crippen molar-refractivity contribution < 1.29 is 4.42 Å². The van der Waals surface area contributed by atoms with Gasteiger partial charge in [0, 0.05) is 10.8 Å². The fourth-order valence-corrected chi connectivity index (χ4v) is 11.0. The monoisotopic (exact) mass is 438 g/mol. The summed E-state index contributed by atoms with van der Waals surface area (Å²) in [7, 11) is -2.47. The highest BCUT2D eigenvalue weighted by Crippen LogP contribution is 2.39. The lowest BCUT2D eigenvalue weighted by atomic mass is 10.00. The first kappa shape index (κ1) is 18.7. The number of fused-ring (bicyclic) bond motifs is 7. The van der Waals surface area contributed by atoms with Gasteiger partial charge in [-0.1, -0.05) is 109 Å². The zero-order valence-corrected chi connectivity index (χ0v) is 19.4. The second-order valence-corrected chi connectivity index (χ2v) is 12.7. The Balaban J connectivity index is 1.72. The smallest absolute Gasteiger partial charge is 0.180 e. The molecule has 0 amide bonds. The number of benzene rings is 5. The Kier molecular flexibility index (Phi) is 3.85. The zero-order valence-electron chi connectivity index (χ0n) is 18.4. The molecule has 2 heterocycles. The summed E-state index contributed by atoms with van der Waals surface area (Å²) in [5.41, 5.74) is 5.91. The van der Waals surface area contributed by atoms with Crippen LogP contribution in [0.1, 0.15) is 5.56 Å². The van der Waals surface area contributed by atoms with Crippen molar-refractivity contribution in [1.29, 1.82) is 0 Å². The van der Waals surface area contributed by atoms with Crippen LogP contribution in [0.25, 0.3) is 33.1 Å². The first-order chi connectivity index (χ1) is 16.3. The molecular formula is C31H22OSi. The predicted octanol–water partition coefficient (Wildman–Crippen LogP) is 5.25. The largest absolute Gasteiger partial charge is 0.456 e. The van der Waals surface area contributed by atoms with Crippen LogP contribution in [0, 0.1) is 6.92 Å². The van der Waals surface area contributed by atoms with Gasteiger partial charge in [-0.25, -0.2) is 0 Å². The number of para-hydroxylation sites is 1. The van der Waals surface area contributed by atoms with Gasteiger partial charge in [0.15, 0.2) is 8.07 Å². The molecule has 1 aromatic heterocycles. The first-order valence-electron chi connectivity index (χ1n) is 11.5. The van der Waals surface area contributed by atoms with Gasteiger partial charge in [-0.05, 0) is 50.9 Å². The summed E-state index contributed by atoms with van der Waals surface area (Å²) in [5.74, 6) is 0. The lowest BCUT2D eigenvalue weighted by Gasteiger charge is -2.31. The summed E-state index contributed by atoms with van der Waals surface area (Å²) in [4.78, 5) is 0. The zero-order chi connectivity index (χ0) is 22.0. The number of hydrogen-bond donors (Lipinski definition) is 0. The summed E-state index contributed by atoms with van der Waals surface area (Å²) < 4.78 is 6.30. The molecule has 0 bridgehead atoms. The van der Waals surface area contributed by atoms with Gasteiger partial charge in [-0.15, -0.1) is 0 Å². The van der Waals surface area contributed by atoms with Gasteiger partial charge in [-0.3, -0.25) is 0 Å². The van der Waals surface area contributed by atoms with E-state index in [4.69, 9.17) is 4.42 Å². The average Bonchev–Trinajstić information content (AvgIpc) is 3.39. The van der Waals surface area contributed by atoms with Crippen molar-refractivity contribution in [3.63, 3.8) is 0 Å². The summed E-state index contributed by atoms with van der Waals surface area (Å²) in [6.45, 7) is 2.16. The predicted molar refractivity (Wildman–Crippen MR) is 141 cm³/mol. The van der Waals surface area contributed by atoms with E-state index >= 15 is 0 Å². The van der Waals surface area contributed by atoms with Gasteiger partial charge in [0.2, 0.25) is 0 Å². The van der Waals surface area contributed by atoms with Crippen LogP contribution in [-0.2, 0) is 0 Å². The maximum Gasteiger partial charge on any atom is 0.180 e. The Morgan fingerprint density at radius 1 is 0.545 bits per heavy atom. The van der Waals surface area contributed by atoms with E-state index in [1.807, 2.05) is 6.07 Å². The fourth-order valence-electron chi connectivity index (χ4n) is 5.86. The average molecular weight is 439 g/mol. The van der Waals surface area contributed by atoms with E-state index < -0.39 is 8.07 Å². The Morgan fingerprint density at radius 3 is 2.09 bits per heavy atom. The van der Waals surface area contributed by atoms with Crippen molar-refractivity contribution in [3.8, 4) is 11.1 Å². The summed E-state index contributed by atoms with van der Waals surface area (Å²) in [5, 5.41) is 8.21. The SMILES string of the molecule is Cc1ccc([Si]2(c3ccccc3)c3ccccc3-c3c2ccc2oc4ccccc4c32)cc1. The second-order valence-electron chi connectivity index (χ2n) is 8.99. The topological polar surface area (TPSA) is 13.1 Å². The first-order valence-corrected chi connectivity index (χ1v) is 13.5. The fraction of sp³-hybridized carbons (Fsp3) is 0.0323. The van der Waals surface area contributed by atoms with Crippen molar-refractivity contribution in [2.24, 2.45) is 0 Å². The molecule has 2 heteroatoms. The van der Waals surface area contributed by atoms with Crippen LogP contribution < -0.4 is 20.7 Å². The summed E-state index contributed by atoms with van der Waals surface area (Å²) in [6.07, 6.45) is 0. The molecule has 0 saturated carbocycles. The van der Waals surface area contributed by atoms with Gasteiger partial charge in [-0.2, -0.15) is 0 Å². The van der Waals surface area contributed by atoms with Gasteiger partial charge >= 0.3 is 0 Å². The summed E-state index contributed by atoms with van der Waals surface area (Å²) in [6, 6.07) is 42.4. The quantitative estimate of drug-likeness (QED) is 0.336. The van der Waals surface area contributed by atoms with E-state index in [9.17, 15) is 0 Å². The van der Waals surface area contributed by atoms with E-state index in [-0.39, 0.29) is 0 Å². The Labute approximate surface area is 194 Å². The Bertz CT molecular complexity index is 1660. The molecule has 0 fully saturated rings. The molecule has 6 aromatic rings. The summed E-state index contributed by atoms with van der Waals surface area (Å²) >= 11 is 0. The lowest BCUT2D eigenvalue weighted by molar-refractivity contribution is 0.669.